The number of aromatic nitrogens is 2. The first-order chi connectivity index (χ1) is 4.24. The van der Waals surface area contributed by atoms with Gasteiger partial charge in [-0.05, 0) is 6.92 Å². The summed E-state index contributed by atoms with van der Waals surface area (Å²) in [5.74, 6) is 0.0388. The summed E-state index contributed by atoms with van der Waals surface area (Å²) < 4.78 is 5.87. The maximum Gasteiger partial charge on any atom is 0.437 e. The summed E-state index contributed by atoms with van der Waals surface area (Å²) in [4.78, 5) is 10.6. The first kappa shape index (κ1) is 6.07. The SMILES string of the molecule is CCn1nc(C)oc1=O. The Kier molecular flexibility index (Phi) is 1.38. The van der Waals surface area contributed by atoms with Crippen molar-refractivity contribution < 1.29 is 4.42 Å². The highest BCUT2D eigenvalue weighted by molar-refractivity contribution is 4.66. The summed E-state index contributed by atoms with van der Waals surface area (Å²) >= 11 is 0. The van der Waals surface area contributed by atoms with Crippen molar-refractivity contribution in [1.82, 2.24) is 9.78 Å². The van der Waals surface area contributed by atoms with Crippen molar-refractivity contribution in [2.24, 2.45) is 0 Å². The van der Waals surface area contributed by atoms with Crippen LogP contribution in [0.2, 0.25) is 0 Å². The lowest BCUT2D eigenvalue weighted by molar-refractivity contribution is 0.463. The molecule has 1 aromatic rings. The van der Waals surface area contributed by atoms with Crippen molar-refractivity contribution in [3.05, 3.63) is 16.4 Å². The molecule has 1 rings (SSSR count). The molecule has 0 saturated heterocycles. The lowest BCUT2D eigenvalue weighted by Crippen LogP contribution is -2.13. The van der Waals surface area contributed by atoms with Gasteiger partial charge >= 0.3 is 5.76 Å². The first-order valence-corrected chi connectivity index (χ1v) is 2.78. The van der Waals surface area contributed by atoms with Crippen LogP contribution in [-0.2, 0) is 6.54 Å². The summed E-state index contributed by atoms with van der Waals surface area (Å²) in [6.45, 7) is 4.05. The molecule has 0 spiro atoms. The van der Waals surface area contributed by atoms with Crippen LogP contribution in [0.5, 0.6) is 0 Å². The van der Waals surface area contributed by atoms with E-state index >= 15 is 0 Å². The van der Waals surface area contributed by atoms with Gasteiger partial charge in [-0.25, -0.2) is 4.79 Å². The van der Waals surface area contributed by atoms with Crippen molar-refractivity contribution in [1.29, 1.82) is 0 Å². The molecule has 0 aliphatic rings. The van der Waals surface area contributed by atoms with Gasteiger partial charge in [-0.2, -0.15) is 4.68 Å². The molecule has 50 valence electrons. The summed E-state index contributed by atoms with van der Waals surface area (Å²) in [5.41, 5.74) is 0. The minimum Gasteiger partial charge on any atom is -0.393 e. The zero-order valence-electron chi connectivity index (χ0n) is 5.42. The second-order valence-corrected chi connectivity index (χ2v) is 1.70. The van der Waals surface area contributed by atoms with Crippen LogP contribution in [0.1, 0.15) is 12.8 Å². The molecule has 0 N–H and O–H groups in total. The van der Waals surface area contributed by atoms with Crippen LogP contribution < -0.4 is 5.76 Å². The second-order valence-electron chi connectivity index (χ2n) is 1.70. The fourth-order valence-corrected chi connectivity index (χ4v) is 0.610. The van der Waals surface area contributed by atoms with Crippen LogP contribution in [0.15, 0.2) is 9.21 Å². The molecule has 0 aliphatic heterocycles. The predicted octanol–water partition coefficient (Wildman–Crippen LogP) is 0.165. The smallest absolute Gasteiger partial charge is 0.393 e. The van der Waals surface area contributed by atoms with Crippen LogP contribution in [0.3, 0.4) is 0 Å². The Hall–Kier alpha value is -1.06. The topological polar surface area (TPSA) is 48.0 Å². The molecule has 0 saturated carbocycles. The average Bonchev–Trinajstić information content (AvgIpc) is 2.10. The summed E-state index contributed by atoms with van der Waals surface area (Å²) in [7, 11) is 0. The summed E-state index contributed by atoms with van der Waals surface area (Å²) in [6, 6.07) is 0. The van der Waals surface area contributed by atoms with Crippen molar-refractivity contribution in [3.63, 3.8) is 0 Å². The summed E-state index contributed by atoms with van der Waals surface area (Å²) in [6.07, 6.45) is 0. The van der Waals surface area contributed by atoms with E-state index in [-0.39, 0.29) is 5.76 Å². The van der Waals surface area contributed by atoms with E-state index < -0.39 is 0 Å². The number of aryl methyl sites for hydroxylation is 2. The highest BCUT2D eigenvalue weighted by Gasteiger charge is 1.98. The molecule has 0 amide bonds. The highest BCUT2D eigenvalue weighted by Crippen LogP contribution is 1.83. The minimum atomic E-state index is -0.380. The van der Waals surface area contributed by atoms with Crippen molar-refractivity contribution in [2.75, 3.05) is 0 Å². The lowest BCUT2D eigenvalue weighted by Gasteiger charge is -1.83. The van der Waals surface area contributed by atoms with Crippen LogP contribution in [0.25, 0.3) is 0 Å². The van der Waals surface area contributed by atoms with E-state index in [4.69, 9.17) is 0 Å². The number of hydrogen-bond acceptors (Lipinski definition) is 3. The molecule has 1 aromatic heterocycles. The maximum absolute atomic E-state index is 10.6. The van der Waals surface area contributed by atoms with Crippen molar-refractivity contribution in [3.8, 4) is 0 Å². The van der Waals surface area contributed by atoms with Crippen LogP contribution in [0, 0.1) is 6.92 Å². The van der Waals surface area contributed by atoms with E-state index in [9.17, 15) is 4.79 Å². The first-order valence-electron chi connectivity index (χ1n) is 2.78. The van der Waals surface area contributed by atoms with E-state index in [1.54, 1.807) is 6.92 Å². The van der Waals surface area contributed by atoms with Crippen molar-refractivity contribution >= 4 is 0 Å². The third kappa shape index (κ3) is 1.01. The Morgan fingerprint density at radius 3 is 2.67 bits per heavy atom. The van der Waals surface area contributed by atoms with Gasteiger partial charge in [0.25, 0.3) is 0 Å². The normalized spacial score (nSPS) is 10.0. The van der Waals surface area contributed by atoms with Crippen LogP contribution in [0.4, 0.5) is 0 Å². The predicted molar refractivity (Wildman–Crippen MR) is 31.2 cm³/mol. The number of hydrogen-bond donors (Lipinski definition) is 0. The second kappa shape index (κ2) is 2.05. The third-order valence-corrected chi connectivity index (χ3v) is 1.01. The monoisotopic (exact) mass is 128 g/mol. The Morgan fingerprint density at radius 1 is 1.78 bits per heavy atom. The highest BCUT2D eigenvalue weighted by atomic mass is 16.4. The molecule has 0 fully saturated rings. The van der Waals surface area contributed by atoms with Crippen LogP contribution in [-0.4, -0.2) is 9.78 Å². The molecule has 0 aromatic carbocycles. The van der Waals surface area contributed by atoms with Gasteiger partial charge in [0.05, 0.1) is 0 Å². The third-order valence-electron chi connectivity index (χ3n) is 1.01. The van der Waals surface area contributed by atoms with E-state index in [2.05, 4.69) is 9.52 Å². The molecule has 1 heterocycles. The molecule has 9 heavy (non-hydrogen) atoms. The van der Waals surface area contributed by atoms with E-state index in [1.807, 2.05) is 6.92 Å². The van der Waals surface area contributed by atoms with Gasteiger partial charge in [0.2, 0.25) is 5.89 Å². The molecule has 0 bridgehead atoms. The van der Waals surface area contributed by atoms with E-state index in [0.717, 1.165) is 0 Å². The van der Waals surface area contributed by atoms with Gasteiger partial charge < -0.3 is 4.42 Å². The van der Waals surface area contributed by atoms with Gasteiger partial charge in [-0.15, -0.1) is 5.10 Å². The Balaban J connectivity index is 3.16. The minimum absolute atomic E-state index is 0.380. The Morgan fingerprint density at radius 2 is 2.44 bits per heavy atom. The molecule has 0 aliphatic carbocycles. The van der Waals surface area contributed by atoms with E-state index in [1.165, 1.54) is 4.68 Å². The molecule has 0 atom stereocenters. The van der Waals surface area contributed by atoms with E-state index in [0.29, 0.717) is 12.4 Å². The molecule has 4 nitrogen and oxygen atoms in total. The Labute approximate surface area is 52.1 Å². The quantitative estimate of drug-likeness (QED) is 0.541. The van der Waals surface area contributed by atoms with Gasteiger partial charge in [0.15, 0.2) is 0 Å². The van der Waals surface area contributed by atoms with Gasteiger partial charge in [0.1, 0.15) is 0 Å². The zero-order chi connectivity index (χ0) is 6.85. The average molecular weight is 128 g/mol. The zero-order valence-corrected chi connectivity index (χ0v) is 5.42. The van der Waals surface area contributed by atoms with Gasteiger partial charge in [0, 0.05) is 13.5 Å². The van der Waals surface area contributed by atoms with Crippen LogP contribution >= 0.6 is 0 Å². The fourth-order valence-electron chi connectivity index (χ4n) is 0.610. The lowest BCUT2D eigenvalue weighted by atomic mass is 10.8. The molecule has 0 unspecified atom stereocenters. The van der Waals surface area contributed by atoms with Gasteiger partial charge in [-0.3, -0.25) is 0 Å². The maximum atomic E-state index is 10.6. The largest absolute Gasteiger partial charge is 0.437 e. The van der Waals surface area contributed by atoms with Gasteiger partial charge in [-0.1, -0.05) is 0 Å². The molecular weight excluding hydrogens is 120 g/mol. The molecular formula is C5H8N2O2. The summed E-state index contributed by atoms with van der Waals surface area (Å²) in [5, 5.41) is 3.77. The molecule has 4 heteroatoms. The number of rotatable bonds is 1. The Bertz CT molecular complexity index is 248. The fraction of sp³-hybridized carbons (Fsp3) is 0.600. The standard InChI is InChI=1S/C5H8N2O2/c1-3-7-5(8)9-4(2)6-7/h3H2,1-2H3. The van der Waals surface area contributed by atoms with Crippen molar-refractivity contribution in [2.45, 2.75) is 20.4 Å². The molecule has 0 radical (unpaired) electrons. The number of nitrogens with zero attached hydrogens (tertiary/aromatic N) is 2.